The van der Waals surface area contributed by atoms with E-state index in [1.54, 1.807) is 13.3 Å². The first-order valence-electron chi connectivity index (χ1n) is 9.52. The first-order valence-corrected chi connectivity index (χ1v) is 10.3. The molecule has 0 heterocycles. The van der Waals surface area contributed by atoms with Gasteiger partial charge in [0.05, 0.1) is 19.2 Å². The quantitative estimate of drug-likeness (QED) is 0.410. The molecule has 1 saturated carbocycles. The molecule has 0 saturated heterocycles. The summed E-state index contributed by atoms with van der Waals surface area (Å²) in [6.45, 7) is 0. The molecule has 0 unspecified atom stereocenters. The van der Waals surface area contributed by atoms with Crippen molar-refractivity contribution in [2.75, 3.05) is 7.11 Å². The second-order valence-corrected chi connectivity index (χ2v) is 8.12. The number of carbonyl (C=O) groups excluding carboxylic acids is 1. The minimum absolute atomic E-state index is 0.121. The third-order valence-electron chi connectivity index (χ3n) is 5.50. The molecule has 3 aromatic rings. The predicted molar refractivity (Wildman–Crippen MR) is 121 cm³/mol. The zero-order chi connectivity index (χ0) is 21.1. The Morgan fingerprint density at radius 1 is 0.967 bits per heavy atom. The van der Waals surface area contributed by atoms with Gasteiger partial charge in [0.15, 0.2) is 0 Å². The van der Waals surface area contributed by atoms with Gasteiger partial charge in [0.2, 0.25) is 5.91 Å². The standard InChI is InChI=1S/C24H20Cl2N2O2/c1-30-21-12-2-16(3-13-21)15-27-28-23(29)22-14-24(22,17-4-8-19(25)9-5-17)18-6-10-20(26)11-7-18/h2-13,15,22H,14H2,1H3,(H,28,29)/b27-15-/t22-/m1/s1. The van der Waals surface area contributed by atoms with Crippen LogP contribution in [0.5, 0.6) is 5.75 Å². The summed E-state index contributed by atoms with van der Waals surface area (Å²) in [6, 6.07) is 22.7. The van der Waals surface area contributed by atoms with Gasteiger partial charge in [0.1, 0.15) is 5.75 Å². The lowest BCUT2D eigenvalue weighted by atomic mass is 9.85. The highest BCUT2D eigenvalue weighted by atomic mass is 35.5. The molecular weight excluding hydrogens is 419 g/mol. The highest BCUT2D eigenvalue weighted by Gasteiger charge is 2.60. The van der Waals surface area contributed by atoms with Crippen molar-refractivity contribution in [2.45, 2.75) is 11.8 Å². The predicted octanol–water partition coefficient (Wildman–Crippen LogP) is 5.46. The van der Waals surface area contributed by atoms with Crippen molar-refractivity contribution in [1.82, 2.24) is 5.43 Å². The third kappa shape index (κ3) is 4.07. The number of nitrogens with one attached hydrogen (secondary N) is 1. The summed E-state index contributed by atoms with van der Waals surface area (Å²) < 4.78 is 5.14. The van der Waals surface area contributed by atoms with E-state index in [1.165, 1.54) is 0 Å². The summed E-state index contributed by atoms with van der Waals surface area (Å²) in [6.07, 6.45) is 2.31. The molecule has 0 spiro atoms. The second-order valence-electron chi connectivity index (χ2n) is 7.25. The number of benzene rings is 3. The molecule has 4 nitrogen and oxygen atoms in total. The number of carbonyl (C=O) groups is 1. The molecule has 30 heavy (non-hydrogen) atoms. The van der Waals surface area contributed by atoms with Crippen LogP contribution in [0.2, 0.25) is 10.0 Å². The van der Waals surface area contributed by atoms with Gasteiger partial charge in [-0.3, -0.25) is 4.79 Å². The molecule has 0 bridgehead atoms. The number of amides is 1. The van der Waals surface area contributed by atoms with E-state index in [-0.39, 0.29) is 11.8 Å². The van der Waals surface area contributed by atoms with Gasteiger partial charge in [-0.1, -0.05) is 47.5 Å². The fourth-order valence-electron chi connectivity index (χ4n) is 3.82. The monoisotopic (exact) mass is 438 g/mol. The topological polar surface area (TPSA) is 50.7 Å². The van der Waals surface area contributed by atoms with Crippen LogP contribution in [0, 0.1) is 5.92 Å². The van der Waals surface area contributed by atoms with Crippen molar-refractivity contribution < 1.29 is 9.53 Å². The van der Waals surface area contributed by atoms with Crippen molar-refractivity contribution in [3.05, 3.63) is 99.5 Å². The Balaban J connectivity index is 1.53. The molecule has 1 aliphatic carbocycles. The van der Waals surface area contributed by atoms with Gasteiger partial charge in [0, 0.05) is 15.5 Å². The molecule has 4 rings (SSSR count). The van der Waals surface area contributed by atoms with Gasteiger partial charge in [0.25, 0.3) is 0 Å². The Kier molecular flexibility index (Phi) is 5.80. The molecule has 0 radical (unpaired) electrons. The van der Waals surface area contributed by atoms with Crippen LogP contribution in [0.15, 0.2) is 77.9 Å². The van der Waals surface area contributed by atoms with Crippen molar-refractivity contribution in [2.24, 2.45) is 11.0 Å². The largest absolute Gasteiger partial charge is 0.497 e. The Labute approximate surface area is 185 Å². The van der Waals surface area contributed by atoms with Gasteiger partial charge < -0.3 is 4.74 Å². The number of rotatable bonds is 6. The van der Waals surface area contributed by atoms with Gasteiger partial charge in [-0.2, -0.15) is 5.10 Å². The van der Waals surface area contributed by atoms with E-state index in [9.17, 15) is 4.79 Å². The van der Waals surface area contributed by atoms with Crippen LogP contribution in [0.4, 0.5) is 0 Å². The third-order valence-corrected chi connectivity index (χ3v) is 6.00. The molecule has 1 N–H and O–H groups in total. The smallest absolute Gasteiger partial charge is 0.244 e. The Bertz CT molecular complexity index is 1020. The van der Waals surface area contributed by atoms with Crippen molar-refractivity contribution >= 4 is 35.3 Å². The maximum atomic E-state index is 12.9. The summed E-state index contributed by atoms with van der Waals surface area (Å²) in [4.78, 5) is 12.9. The van der Waals surface area contributed by atoms with E-state index in [2.05, 4.69) is 10.5 Å². The lowest BCUT2D eigenvalue weighted by Crippen LogP contribution is -2.25. The molecule has 0 aromatic heterocycles. The van der Waals surface area contributed by atoms with Gasteiger partial charge in [-0.15, -0.1) is 0 Å². The van der Waals surface area contributed by atoms with Crippen molar-refractivity contribution in [3.63, 3.8) is 0 Å². The Hall–Kier alpha value is -2.82. The van der Waals surface area contributed by atoms with Crippen LogP contribution in [0.1, 0.15) is 23.1 Å². The van der Waals surface area contributed by atoms with E-state index >= 15 is 0 Å². The van der Waals surface area contributed by atoms with E-state index in [0.29, 0.717) is 16.5 Å². The number of hydrogen-bond acceptors (Lipinski definition) is 3. The summed E-state index contributed by atoms with van der Waals surface area (Å²) in [7, 11) is 1.62. The molecule has 0 aliphatic heterocycles. The second kappa shape index (κ2) is 8.50. The average Bonchev–Trinajstić information content (AvgIpc) is 3.52. The number of ether oxygens (including phenoxy) is 1. The van der Waals surface area contributed by atoms with Crippen molar-refractivity contribution in [3.8, 4) is 5.75 Å². The van der Waals surface area contributed by atoms with E-state index in [4.69, 9.17) is 27.9 Å². The Morgan fingerprint density at radius 3 is 2.00 bits per heavy atom. The molecule has 1 atom stereocenters. The summed E-state index contributed by atoms with van der Waals surface area (Å²) >= 11 is 12.1. The van der Waals surface area contributed by atoms with Crippen LogP contribution >= 0.6 is 23.2 Å². The lowest BCUT2D eigenvalue weighted by molar-refractivity contribution is -0.122. The average molecular weight is 439 g/mol. The number of halogens is 2. The fraction of sp³-hybridized carbons (Fsp3) is 0.167. The molecular formula is C24H20Cl2N2O2. The van der Waals surface area contributed by atoms with Gasteiger partial charge in [-0.25, -0.2) is 5.43 Å². The van der Waals surface area contributed by atoms with Crippen LogP contribution in [0.25, 0.3) is 0 Å². The first kappa shape index (κ1) is 20.5. The zero-order valence-corrected chi connectivity index (χ0v) is 17.8. The fourth-order valence-corrected chi connectivity index (χ4v) is 4.07. The van der Waals surface area contributed by atoms with Crippen LogP contribution in [-0.4, -0.2) is 19.2 Å². The summed E-state index contributed by atoms with van der Waals surface area (Å²) in [5.41, 5.74) is 5.25. The van der Waals surface area contributed by atoms with Crippen LogP contribution < -0.4 is 10.2 Å². The number of hydrogen-bond donors (Lipinski definition) is 1. The number of nitrogens with zero attached hydrogens (tertiary/aromatic N) is 1. The first-order chi connectivity index (χ1) is 14.5. The maximum absolute atomic E-state index is 12.9. The molecule has 1 amide bonds. The van der Waals surface area contributed by atoms with Crippen LogP contribution in [-0.2, 0) is 10.2 Å². The van der Waals surface area contributed by atoms with E-state index in [1.807, 2.05) is 72.8 Å². The molecule has 1 fully saturated rings. The molecule has 1 aliphatic rings. The summed E-state index contributed by atoms with van der Waals surface area (Å²) in [5, 5.41) is 5.46. The van der Waals surface area contributed by atoms with E-state index in [0.717, 1.165) is 22.4 Å². The van der Waals surface area contributed by atoms with E-state index < -0.39 is 5.41 Å². The van der Waals surface area contributed by atoms with Crippen LogP contribution in [0.3, 0.4) is 0 Å². The Morgan fingerprint density at radius 2 is 1.50 bits per heavy atom. The molecule has 152 valence electrons. The SMILES string of the molecule is COc1ccc(/C=N\NC(=O)[C@H]2CC2(c2ccc(Cl)cc2)c2ccc(Cl)cc2)cc1. The minimum Gasteiger partial charge on any atom is -0.497 e. The zero-order valence-electron chi connectivity index (χ0n) is 16.3. The van der Waals surface area contributed by atoms with Crippen molar-refractivity contribution in [1.29, 1.82) is 0 Å². The van der Waals surface area contributed by atoms with Gasteiger partial charge >= 0.3 is 0 Å². The summed E-state index contributed by atoms with van der Waals surface area (Å²) in [5.74, 6) is 0.419. The lowest BCUT2D eigenvalue weighted by Gasteiger charge is -2.19. The molecule has 6 heteroatoms. The minimum atomic E-state index is -0.408. The number of methoxy groups -OCH3 is 1. The van der Waals surface area contributed by atoms with Gasteiger partial charge in [-0.05, 0) is 71.6 Å². The number of hydrazone groups is 1. The molecule has 3 aromatic carbocycles. The highest BCUT2D eigenvalue weighted by Crippen LogP contribution is 2.59. The highest BCUT2D eigenvalue weighted by molar-refractivity contribution is 6.30. The maximum Gasteiger partial charge on any atom is 0.244 e. The normalized spacial score (nSPS) is 17.0.